The quantitative estimate of drug-likeness (QED) is 0.889. The molecule has 1 aliphatic rings. The lowest BCUT2D eigenvalue weighted by Gasteiger charge is -2.32. The van der Waals surface area contributed by atoms with Gasteiger partial charge in [0.15, 0.2) is 5.82 Å². The van der Waals surface area contributed by atoms with Gasteiger partial charge in [-0.15, -0.1) is 0 Å². The van der Waals surface area contributed by atoms with Crippen LogP contribution in [-0.4, -0.2) is 40.5 Å². The van der Waals surface area contributed by atoms with Gasteiger partial charge in [0.05, 0.1) is 13.2 Å². The number of carbonyl (C=O) groups excluding carboxylic acids is 1. The fourth-order valence-corrected chi connectivity index (χ4v) is 2.24. The van der Waals surface area contributed by atoms with E-state index in [-0.39, 0.29) is 12.0 Å². The van der Waals surface area contributed by atoms with Crippen LogP contribution in [0.2, 0.25) is 0 Å². The van der Waals surface area contributed by atoms with Gasteiger partial charge in [0.1, 0.15) is 6.10 Å². The Bertz CT molecular complexity index is 539. The molecule has 98 valence electrons. The Labute approximate surface area is 111 Å². The summed E-state index contributed by atoms with van der Waals surface area (Å²) >= 11 is 0. The van der Waals surface area contributed by atoms with Gasteiger partial charge in [-0.25, -0.2) is 4.98 Å². The van der Waals surface area contributed by atoms with E-state index in [1.54, 1.807) is 17.3 Å². The lowest BCUT2D eigenvalue weighted by Crippen LogP contribution is -2.42. The fourth-order valence-electron chi connectivity index (χ4n) is 2.24. The summed E-state index contributed by atoms with van der Waals surface area (Å²) in [7, 11) is 0. The molecule has 3 rings (SSSR count). The molecule has 1 fully saturated rings. The molecule has 5 nitrogen and oxygen atoms in total. The highest BCUT2D eigenvalue weighted by Crippen LogP contribution is 2.22. The van der Waals surface area contributed by atoms with Crippen LogP contribution in [0.3, 0.4) is 0 Å². The zero-order valence-electron chi connectivity index (χ0n) is 10.5. The molecule has 1 amide bonds. The second-order valence-corrected chi connectivity index (χ2v) is 4.46. The zero-order valence-corrected chi connectivity index (χ0v) is 10.5. The van der Waals surface area contributed by atoms with E-state index in [0.717, 1.165) is 5.56 Å². The van der Waals surface area contributed by atoms with Gasteiger partial charge in [-0.1, -0.05) is 30.3 Å². The normalized spacial score (nSPS) is 19.4. The molecule has 0 saturated carbocycles. The zero-order chi connectivity index (χ0) is 13.1. The Balaban J connectivity index is 1.73. The number of benzene rings is 1. The first-order valence-electron chi connectivity index (χ1n) is 6.30. The number of amides is 1. The van der Waals surface area contributed by atoms with Crippen LogP contribution >= 0.6 is 0 Å². The molecular weight excluding hydrogens is 242 g/mol. The van der Waals surface area contributed by atoms with E-state index >= 15 is 0 Å². The highest BCUT2D eigenvalue weighted by Gasteiger charge is 2.26. The first kappa shape index (κ1) is 11.9. The maximum Gasteiger partial charge on any atom is 0.289 e. The highest BCUT2D eigenvalue weighted by molar-refractivity contribution is 5.90. The van der Waals surface area contributed by atoms with Crippen molar-refractivity contribution in [2.45, 2.75) is 6.10 Å². The molecule has 0 spiro atoms. The van der Waals surface area contributed by atoms with Gasteiger partial charge in [-0.05, 0) is 5.56 Å². The maximum absolute atomic E-state index is 12.2. The third-order valence-electron chi connectivity index (χ3n) is 3.23. The number of ether oxygens (including phenoxy) is 1. The van der Waals surface area contributed by atoms with Crippen molar-refractivity contribution < 1.29 is 9.53 Å². The van der Waals surface area contributed by atoms with Gasteiger partial charge in [-0.3, -0.25) is 4.79 Å². The van der Waals surface area contributed by atoms with Gasteiger partial charge in [0.25, 0.3) is 5.91 Å². The average molecular weight is 257 g/mol. The van der Waals surface area contributed by atoms with Crippen molar-refractivity contribution in [1.82, 2.24) is 14.9 Å². The van der Waals surface area contributed by atoms with Crippen LogP contribution in [0.5, 0.6) is 0 Å². The molecule has 19 heavy (non-hydrogen) atoms. The van der Waals surface area contributed by atoms with E-state index in [1.807, 2.05) is 30.3 Å². The Morgan fingerprint density at radius 2 is 2.21 bits per heavy atom. The third-order valence-corrected chi connectivity index (χ3v) is 3.23. The fraction of sp³-hybridized carbons (Fsp3) is 0.286. The van der Waals surface area contributed by atoms with Crippen molar-refractivity contribution in [3.05, 3.63) is 54.1 Å². The summed E-state index contributed by atoms with van der Waals surface area (Å²) in [5.74, 6) is 0.308. The minimum absolute atomic E-state index is 0.0612. The third kappa shape index (κ3) is 2.51. The number of aromatic amines is 1. The number of hydrogen-bond acceptors (Lipinski definition) is 3. The molecule has 1 atom stereocenters. The van der Waals surface area contributed by atoms with Crippen molar-refractivity contribution in [3.63, 3.8) is 0 Å². The largest absolute Gasteiger partial charge is 0.370 e. The van der Waals surface area contributed by atoms with Gasteiger partial charge in [0.2, 0.25) is 0 Å². The lowest BCUT2D eigenvalue weighted by molar-refractivity contribution is -0.0231. The highest BCUT2D eigenvalue weighted by atomic mass is 16.5. The molecule has 1 N–H and O–H groups in total. The number of imidazole rings is 1. The molecule has 1 saturated heterocycles. The summed E-state index contributed by atoms with van der Waals surface area (Å²) in [5, 5.41) is 0. The number of rotatable bonds is 2. The van der Waals surface area contributed by atoms with Crippen LogP contribution < -0.4 is 0 Å². The van der Waals surface area contributed by atoms with Crippen LogP contribution in [-0.2, 0) is 4.74 Å². The van der Waals surface area contributed by atoms with Crippen molar-refractivity contribution in [2.75, 3.05) is 19.7 Å². The number of carbonyl (C=O) groups is 1. The summed E-state index contributed by atoms with van der Waals surface area (Å²) in [5.41, 5.74) is 1.10. The van der Waals surface area contributed by atoms with Crippen LogP contribution in [0.1, 0.15) is 22.3 Å². The van der Waals surface area contributed by atoms with Crippen LogP contribution in [0.4, 0.5) is 0 Å². The predicted molar refractivity (Wildman–Crippen MR) is 69.6 cm³/mol. The van der Waals surface area contributed by atoms with E-state index < -0.39 is 0 Å². The molecule has 2 heterocycles. The standard InChI is InChI=1S/C14H15N3O2/c18-14(13-15-6-7-16-13)17-8-9-19-12(10-17)11-4-2-1-3-5-11/h1-7,12H,8-10H2,(H,15,16). The molecule has 0 aliphatic carbocycles. The summed E-state index contributed by atoms with van der Waals surface area (Å²) in [6.45, 7) is 1.71. The van der Waals surface area contributed by atoms with Crippen molar-refractivity contribution in [1.29, 1.82) is 0 Å². The van der Waals surface area contributed by atoms with E-state index in [4.69, 9.17) is 4.74 Å². The summed E-state index contributed by atoms with van der Waals surface area (Å²) < 4.78 is 5.74. The number of H-pyrrole nitrogens is 1. The number of nitrogens with zero attached hydrogens (tertiary/aromatic N) is 2. The monoisotopic (exact) mass is 257 g/mol. The molecule has 1 aromatic carbocycles. The summed E-state index contributed by atoms with van der Waals surface area (Å²) in [4.78, 5) is 20.8. The second kappa shape index (κ2) is 5.24. The van der Waals surface area contributed by atoms with Crippen molar-refractivity contribution >= 4 is 5.91 Å². The van der Waals surface area contributed by atoms with E-state index in [9.17, 15) is 4.79 Å². The number of morpholine rings is 1. The Kier molecular flexibility index (Phi) is 3.29. The molecule has 5 heteroatoms. The van der Waals surface area contributed by atoms with Crippen LogP contribution in [0.25, 0.3) is 0 Å². The van der Waals surface area contributed by atoms with Crippen LogP contribution in [0.15, 0.2) is 42.7 Å². The van der Waals surface area contributed by atoms with Gasteiger partial charge >= 0.3 is 0 Å². The summed E-state index contributed by atoms with van der Waals surface area (Å²) in [6, 6.07) is 9.97. The minimum Gasteiger partial charge on any atom is -0.370 e. The molecule has 0 radical (unpaired) electrons. The molecule has 1 unspecified atom stereocenters. The van der Waals surface area contributed by atoms with E-state index in [0.29, 0.717) is 25.5 Å². The SMILES string of the molecule is O=C(c1ncc[nH]1)N1CCOC(c2ccccc2)C1. The Morgan fingerprint density at radius 3 is 2.95 bits per heavy atom. The predicted octanol–water partition coefficient (Wildman–Crippen LogP) is 1.62. The van der Waals surface area contributed by atoms with E-state index in [2.05, 4.69) is 9.97 Å². The Hall–Kier alpha value is -2.14. The lowest BCUT2D eigenvalue weighted by atomic mass is 10.1. The summed E-state index contributed by atoms with van der Waals surface area (Å²) in [6.07, 6.45) is 3.18. The molecule has 0 bridgehead atoms. The van der Waals surface area contributed by atoms with Crippen LogP contribution in [0, 0.1) is 0 Å². The molecule has 1 aliphatic heterocycles. The van der Waals surface area contributed by atoms with E-state index in [1.165, 1.54) is 0 Å². The van der Waals surface area contributed by atoms with Gasteiger partial charge < -0.3 is 14.6 Å². The number of aromatic nitrogens is 2. The van der Waals surface area contributed by atoms with Crippen molar-refractivity contribution in [2.24, 2.45) is 0 Å². The topological polar surface area (TPSA) is 58.2 Å². The molecule has 1 aromatic heterocycles. The van der Waals surface area contributed by atoms with Crippen molar-refractivity contribution in [3.8, 4) is 0 Å². The Morgan fingerprint density at radius 1 is 1.37 bits per heavy atom. The number of hydrogen-bond donors (Lipinski definition) is 1. The first-order valence-corrected chi connectivity index (χ1v) is 6.30. The minimum atomic E-state index is -0.0748. The first-order chi connectivity index (χ1) is 9.34. The van der Waals surface area contributed by atoms with Gasteiger partial charge in [-0.2, -0.15) is 0 Å². The van der Waals surface area contributed by atoms with Gasteiger partial charge in [0, 0.05) is 18.9 Å². The molecular formula is C14H15N3O2. The maximum atomic E-state index is 12.2. The smallest absolute Gasteiger partial charge is 0.289 e. The number of nitrogens with one attached hydrogen (secondary N) is 1. The second-order valence-electron chi connectivity index (χ2n) is 4.46. The molecule has 2 aromatic rings. The average Bonchev–Trinajstić information content (AvgIpc) is 3.02.